The monoisotopic (exact) mass is 333 g/mol. The molecule has 0 amide bonds. The van der Waals surface area contributed by atoms with Crippen LogP contribution in [0.15, 0.2) is 11.4 Å². The zero-order valence-electron chi connectivity index (χ0n) is 13.2. The summed E-state index contributed by atoms with van der Waals surface area (Å²) in [6.07, 6.45) is 1.96. The molecule has 2 aromatic heterocycles. The van der Waals surface area contributed by atoms with Crippen LogP contribution >= 0.6 is 0 Å². The van der Waals surface area contributed by atoms with Crippen LogP contribution in [0.5, 0.6) is 0 Å². The van der Waals surface area contributed by atoms with Crippen LogP contribution in [0.3, 0.4) is 0 Å². The molecule has 3 heterocycles. The summed E-state index contributed by atoms with van der Waals surface area (Å²) in [4.78, 5) is 15.5. The molecule has 1 fully saturated rings. The largest absolute Gasteiger partial charge is 0.394 e. The molecule has 3 rings (SSSR count). The molecule has 4 N–H and O–H groups in total. The Morgan fingerprint density at radius 1 is 1.58 bits per heavy atom. The van der Waals surface area contributed by atoms with Gasteiger partial charge in [-0.25, -0.2) is 4.98 Å². The lowest BCUT2D eigenvalue weighted by molar-refractivity contribution is -0.0230. The van der Waals surface area contributed by atoms with Gasteiger partial charge in [-0.2, -0.15) is 9.97 Å². The molecule has 0 radical (unpaired) electrons. The lowest BCUT2D eigenvalue weighted by Crippen LogP contribution is -2.22. The number of nitrogens with zero attached hydrogens (tertiary/aromatic N) is 7. The first-order valence-electron chi connectivity index (χ1n) is 7.72. The van der Waals surface area contributed by atoms with Crippen molar-refractivity contribution in [3.8, 4) is 0 Å². The number of aliphatic hydroxyl groups is 1. The molecule has 24 heavy (non-hydrogen) atoms. The minimum absolute atomic E-state index is 0.138. The third kappa shape index (κ3) is 2.92. The number of hydrogen-bond acceptors (Lipinski definition) is 8. The van der Waals surface area contributed by atoms with Gasteiger partial charge in [-0.15, -0.1) is 0 Å². The van der Waals surface area contributed by atoms with E-state index in [0.29, 0.717) is 23.4 Å². The number of aliphatic hydroxyl groups excluding tert-OH is 1. The Bertz CT molecular complexity index is 770. The van der Waals surface area contributed by atoms with Gasteiger partial charge in [0.05, 0.1) is 25.1 Å². The van der Waals surface area contributed by atoms with E-state index < -0.39 is 18.4 Å². The second-order valence-electron chi connectivity index (χ2n) is 5.50. The minimum atomic E-state index is -0.551. The maximum atomic E-state index is 9.41. The smallest absolute Gasteiger partial charge is 0.224 e. The molecule has 1 aliphatic heterocycles. The maximum Gasteiger partial charge on any atom is 0.224 e. The van der Waals surface area contributed by atoms with Crippen molar-refractivity contribution >= 4 is 22.9 Å². The Hall–Kier alpha value is -2.62. The van der Waals surface area contributed by atoms with Gasteiger partial charge in [0.2, 0.25) is 5.95 Å². The highest BCUT2D eigenvalue weighted by atomic mass is 16.5. The Morgan fingerprint density at radius 2 is 2.42 bits per heavy atom. The van der Waals surface area contributed by atoms with Gasteiger partial charge in [0, 0.05) is 17.9 Å². The predicted molar refractivity (Wildman–Crippen MR) is 87.1 cm³/mol. The molecular weight excluding hydrogens is 314 g/mol. The highest BCUT2D eigenvalue weighted by Gasteiger charge is 2.36. The van der Waals surface area contributed by atoms with Crippen molar-refractivity contribution in [3.63, 3.8) is 0 Å². The summed E-state index contributed by atoms with van der Waals surface area (Å²) in [7, 11) is 0. The van der Waals surface area contributed by atoms with Crippen LogP contribution in [0.2, 0.25) is 0 Å². The predicted octanol–water partition coefficient (Wildman–Crippen LogP) is 1.19. The minimum Gasteiger partial charge on any atom is -0.394 e. The molecule has 11 heteroatoms. The number of aromatic nitrogens is 4. The fourth-order valence-corrected chi connectivity index (χ4v) is 2.79. The number of anilines is 2. The Morgan fingerprint density at radius 3 is 3.12 bits per heavy atom. The van der Waals surface area contributed by atoms with E-state index in [4.69, 9.17) is 16.0 Å². The second-order valence-corrected chi connectivity index (χ2v) is 5.50. The normalized spacial score (nSPS) is 23.3. The van der Waals surface area contributed by atoms with Crippen LogP contribution in [-0.4, -0.2) is 49.9 Å². The molecule has 0 bridgehead atoms. The molecule has 0 spiro atoms. The summed E-state index contributed by atoms with van der Waals surface area (Å²) in [5.74, 6) is 0.715. The third-order valence-electron chi connectivity index (χ3n) is 3.88. The first kappa shape index (κ1) is 16.2. The lowest BCUT2D eigenvalue weighted by atomic mass is 10.1. The van der Waals surface area contributed by atoms with Crippen molar-refractivity contribution in [1.82, 2.24) is 19.5 Å². The molecule has 0 aliphatic carbocycles. The summed E-state index contributed by atoms with van der Waals surface area (Å²) in [5, 5.41) is 16.3. The maximum absolute atomic E-state index is 9.41. The van der Waals surface area contributed by atoms with E-state index in [1.165, 1.54) is 0 Å². The van der Waals surface area contributed by atoms with Crippen molar-refractivity contribution in [2.45, 2.75) is 38.1 Å². The average Bonchev–Trinajstić information content (AvgIpc) is 3.16. The van der Waals surface area contributed by atoms with Crippen molar-refractivity contribution in [2.24, 2.45) is 5.11 Å². The second kappa shape index (κ2) is 6.87. The molecule has 0 aromatic carbocycles. The highest BCUT2D eigenvalue weighted by Crippen LogP contribution is 2.34. The van der Waals surface area contributed by atoms with E-state index in [1.54, 1.807) is 10.9 Å². The first-order valence-corrected chi connectivity index (χ1v) is 7.72. The fourth-order valence-electron chi connectivity index (χ4n) is 2.79. The van der Waals surface area contributed by atoms with Gasteiger partial charge in [-0.3, -0.25) is 4.57 Å². The first-order chi connectivity index (χ1) is 11.7. The zero-order chi connectivity index (χ0) is 17.1. The molecule has 1 saturated heterocycles. The molecule has 2 aromatic rings. The SMILES string of the molecule is CCCNc1nc(N)nc2ncn([C@H]3CC(N=[N+]=[N-])[C@@H](CO)O3)c12. The Balaban J connectivity index is 1.99. The number of nitrogens with two attached hydrogens (primary N) is 1. The quantitative estimate of drug-likeness (QED) is 0.406. The van der Waals surface area contributed by atoms with Crippen molar-refractivity contribution < 1.29 is 9.84 Å². The zero-order valence-corrected chi connectivity index (χ0v) is 13.2. The molecule has 3 atom stereocenters. The van der Waals surface area contributed by atoms with E-state index >= 15 is 0 Å². The fraction of sp³-hybridized carbons (Fsp3) is 0.615. The summed E-state index contributed by atoms with van der Waals surface area (Å²) in [5.41, 5.74) is 15.5. The number of fused-ring (bicyclic) bond motifs is 1. The van der Waals surface area contributed by atoms with Crippen LogP contribution in [-0.2, 0) is 4.74 Å². The number of nitrogen functional groups attached to an aromatic ring is 1. The van der Waals surface area contributed by atoms with Crippen molar-refractivity contribution in [1.29, 1.82) is 0 Å². The molecule has 0 saturated carbocycles. The van der Waals surface area contributed by atoms with Crippen molar-refractivity contribution in [2.75, 3.05) is 24.2 Å². The number of hydrogen-bond donors (Lipinski definition) is 3. The lowest BCUT2D eigenvalue weighted by Gasteiger charge is -2.16. The number of ether oxygens (including phenoxy) is 1. The van der Waals surface area contributed by atoms with Gasteiger partial charge in [0.1, 0.15) is 11.7 Å². The van der Waals surface area contributed by atoms with Crippen LogP contribution in [0.1, 0.15) is 26.0 Å². The topological polar surface area (TPSA) is 160 Å². The van der Waals surface area contributed by atoms with Gasteiger partial charge in [-0.1, -0.05) is 12.0 Å². The molecular formula is C13H19N9O2. The summed E-state index contributed by atoms with van der Waals surface area (Å²) in [6, 6.07) is -0.441. The van der Waals surface area contributed by atoms with Gasteiger partial charge >= 0.3 is 0 Å². The van der Waals surface area contributed by atoms with E-state index in [2.05, 4.69) is 30.3 Å². The van der Waals surface area contributed by atoms with E-state index in [1.807, 2.05) is 6.92 Å². The van der Waals surface area contributed by atoms with Gasteiger partial charge in [0.15, 0.2) is 11.5 Å². The standard InChI is InChI=1S/C13H19N9O2/c1-2-3-16-11-10-12(19-13(14)18-11)17-6-22(10)9-4-7(20-21-15)8(5-23)24-9/h6-9,23H,2-5H2,1H3,(H3,14,16,18,19)/t7?,8-,9-/m1/s1. The van der Waals surface area contributed by atoms with Crippen LogP contribution in [0.4, 0.5) is 11.8 Å². The van der Waals surface area contributed by atoms with Crippen LogP contribution < -0.4 is 11.1 Å². The third-order valence-corrected chi connectivity index (χ3v) is 3.88. The Kier molecular flexibility index (Phi) is 4.65. The number of imidazole rings is 1. The van der Waals surface area contributed by atoms with Gasteiger partial charge < -0.3 is 20.9 Å². The highest BCUT2D eigenvalue weighted by molar-refractivity contribution is 5.84. The number of azide groups is 1. The van der Waals surface area contributed by atoms with Crippen LogP contribution in [0, 0.1) is 0 Å². The summed E-state index contributed by atoms with van der Waals surface area (Å²) in [6.45, 7) is 2.54. The van der Waals surface area contributed by atoms with Gasteiger partial charge in [0.25, 0.3) is 0 Å². The van der Waals surface area contributed by atoms with Crippen molar-refractivity contribution in [3.05, 3.63) is 16.8 Å². The summed E-state index contributed by atoms with van der Waals surface area (Å²) < 4.78 is 7.59. The van der Waals surface area contributed by atoms with E-state index in [0.717, 1.165) is 13.0 Å². The number of rotatable bonds is 6. The molecule has 128 valence electrons. The van der Waals surface area contributed by atoms with E-state index in [-0.39, 0.29) is 12.6 Å². The molecule has 1 aliphatic rings. The summed E-state index contributed by atoms with van der Waals surface area (Å²) >= 11 is 0. The molecule has 11 nitrogen and oxygen atoms in total. The van der Waals surface area contributed by atoms with Crippen LogP contribution in [0.25, 0.3) is 21.6 Å². The number of nitrogens with one attached hydrogen (secondary N) is 1. The van der Waals surface area contributed by atoms with E-state index in [9.17, 15) is 5.11 Å². The van der Waals surface area contributed by atoms with Gasteiger partial charge in [-0.05, 0) is 12.0 Å². The Labute approximate surface area is 137 Å². The average molecular weight is 333 g/mol. The molecule has 1 unspecified atom stereocenters.